The zero-order chi connectivity index (χ0) is 18.4. The highest BCUT2D eigenvalue weighted by molar-refractivity contribution is 9.10. The molecule has 0 aliphatic carbocycles. The maximum Gasteiger partial charge on any atom is 0.339 e. The van der Waals surface area contributed by atoms with Gasteiger partial charge in [0.1, 0.15) is 0 Å². The van der Waals surface area contributed by atoms with Crippen LogP contribution in [0.15, 0.2) is 51.8 Å². The minimum atomic E-state index is -3.77. The van der Waals surface area contributed by atoms with E-state index < -0.39 is 16.0 Å². The van der Waals surface area contributed by atoms with Gasteiger partial charge in [0.05, 0.1) is 24.2 Å². The summed E-state index contributed by atoms with van der Waals surface area (Å²) < 4.78 is 37.7. The summed E-state index contributed by atoms with van der Waals surface area (Å²) in [6.45, 7) is 0.583. The Hall–Kier alpha value is -1.74. The van der Waals surface area contributed by atoms with Gasteiger partial charge in [0.15, 0.2) is 0 Å². The molecular formula is C17H18BrNO5S. The summed E-state index contributed by atoms with van der Waals surface area (Å²) in [6, 6.07) is 11.6. The van der Waals surface area contributed by atoms with Gasteiger partial charge in [-0.15, -0.1) is 0 Å². The summed E-state index contributed by atoms with van der Waals surface area (Å²) in [5, 5.41) is 0. The minimum Gasteiger partial charge on any atom is -0.465 e. The lowest BCUT2D eigenvalue weighted by Gasteiger charge is -2.10. The van der Waals surface area contributed by atoms with E-state index in [4.69, 9.17) is 4.74 Å². The number of carbonyl (C=O) groups excluding carboxylic acids is 1. The zero-order valence-electron chi connectivity index (χ0n) is 13.8. The third kappa shape index (κ3) is 5.12. The van der Waals surface area contributed by atoms with Crippen LogP contribution in [0.1, 0.15) is 21.5 Å². The summed E-state index contributed by atoms with van der Waals surface area (Å²) in [4.78, 5) is 11.7. The SMILES string of the molecule is COCc1cccc(CNS(=O)(=O)c2ccc(Br)c(C(=O)OC)c2)c1. The van der Waals surface area contributed by atoms with Crippen molar-refractivity contribution in [2.24, 2.45) is 0 Å². The van der Waals surface area contributed by atoms with Gasteiger partial charge >= 0.3 is 5.97 Å². The highest BCUT2D eigenvalue weighted by Gasteiger charge is 2.18. The van der Waals surface area contributed by atoms with Gasteiger partial charge in [0, 0.05) is 18.1 Å². The maximum absolute atomic E-state index is 12.5. The highest BCUT2D eigenvalue weighted by Crippen LogP contribution is 2.22. The Kier molecular flexibility index (Phi) is 6.71. The molecule has 0 saturated carbocycles. The van der Waals surface area contributed by atoms with E-state index in [1.807, 2.05) is 24.3 Å². The summed E-state index contributed by atoms with van der Waals surface area (Å²) in [7, 11) is -0.938. The molecule has 2 rings (SSSR count). The number of nitrogens with one attached hydrogen (secondary N) is 1. The van der Waals surface area contributed by atoms with Gasteiger partial charge in [-0.05, 0) is 45.3 Å². The molecule has 2 aromatic carbocycles. The van der Waals surface area contributed by atoms with E-state index >= 15 is 0 Å². The van der Waals surface area contributed by atoms with Gasteiger partial charge in [-0.2, -0.15) is 0 Å². The van der Waals surface area contributed by atoms with Crippen LogP contribution in [0.5, 0.6) is 0 Å². The predicted molar refractivity (Wildman–Crippen MR) is 96.7 cm³/mol. The van der Waals surface area contributed by atoms with E-state index in [0.717, 1.165) is 11.1 Å². The number of ether oxygens (including phenoxy) is 2. The number of esters is 1. The van der Waals surface area contributed by atoms with Crippen molar-refractivity contribution in [3.8, 4) is 0 Å². The van der Waals surface area contributed by atoms with Gasteiger partial charge in [-0.25, -0.2) is 17.9 Å². The molecule has 0 atom stereocenters. The molecule has 2 aromatic rings. The average molecular weight is 428 g/mol. The molecule has 0 aromatic heterocycles. The van der Waals surface area contributed by atoms with Crippen molar-refractivity contribution < 1.29 is 22.7 Å². The van der Waals surface area contributed by atoms with E-state index in [2.05, 4.69) is 25.4 Å². The minimum absolute atomic E-state index is 0.0100. The molecule has 0 fully saturated rings. The smallest absolute Gasteiger partial charge is 0.339 e. The number of rotatable bonds is 7. The second kappa shape index (κ2) is 8.57. The molecule has 0 amide bonds. The molecule has 0 heterocycles. The molecule has 0 radical (unpaired) electrons. The normalized spacial score (nSPS) is 11.3. The number of methoxy groups -OCH3 is 2. The van der Waals surface area contributed by atoms with Crippen molar-refractivity contribution in [3.63, 3.8) is 0 Å². The van der Waals surface area contributed by atoms with Crippen LogP contribution in [-0.2, 0) is 32.6 Å². The fourth-order valence-corrected chi connectivity index (χ4v) is 3.65. The van der Waals surface area contributed by atoms with Gasteiger partial charge in [0.2, 0.25) is 10.0 Å². The Balaban J connectivity index is 2.19. The summed E-state index contributed by atoms with van der Waals surface area (Å²) in [5.74, 6) is -0.615. The Labute approximate surface area is 155 Å². The van der Waals surface area contributed by atoms with Crippen LogP contribution in [0.4, 0.5) is 0 Å². The van der Waals surface area contributed by atoms with E-state index in [1.54, 1.807) is 7.11 Å². The molecule has 8 heteroatoms. The van der Waals surface area contributed by atoms with Crippen LogP contribution in [0, 0.1) is 0 Å². The predicted octanol–water partition coefficient (Wildman–Crippen LogP) is 2.86. The maximum atomic E-state index is 12.5. The first kappa shape index (κ1) is 19.6. The van der Waals surface area contributed by atoms with Crippen molar-refractivity contribution in [2.75, 3.05) is 14.2 Å². The molecule has 0 unspecified atom stereocenters. The molecule has 6 nitrogen and oxygen atoms in total. The van der Waals surface area contributed by atoms with Crippen molar-refractivity contribution >= 4 is 31.9 Å². The number of sulfonamides is 1. The third-order valence-corrected chi connectivity index (χ3v) is 5.51. The number of hydrogen-bond donors (Lipinski definition) is 1. The molecule has 0 bridgehead atoms. The second-order valence-corrected chi connectivity index (χ2v) is 7.83. The first-order valence-electron chi connectivity index (χ1n) is 7.31. The van der Waals surface area contributed by atoms with Gasteiger partial charge in [-0.3, -0.25) is 0 Å². The van der Waals surface area contributed by atoms with Crippen molar-refractivity contribution in [2.45, 2.75) is 18.0 Å². The average Bonchev–Trinajstić information content (AvgIpc) is 2.60. The fraction of sp³-hybridized carbons (Fsp3) is 0.235. The lowest BCUT2D eigenvalue weighted by Crippen LogP contribution is -2.23. The van der Waals surface area contributed by atoms with Gasteiger partial charge in [-0.1, -0.05) is 24.3 Å². The first-order chi connectivity index (χ1) is 11.9. The summed E-state index contributed by atoms with van der Waals surface area (Å²) >= 11 is 3.21. The van der Waals surface area contributed by atoms with E-state index in [1.165, 1.54) is 25.3 Å². The standard InChI is InChI=1S/C17H18BrNO5S/c1-23-11-13-5-3-4-12(8-13)10-19-25(21,22)14-6-7-16(18)15(9-14)17(20)24-2/h3-9,19H,10-11H2,1-2H3. The van der Waals surface area contributed by atoms with Crippen LogP contribution in [0.2, 0.25) is 0 Å². The number of carbonyl (C=O) groups is 1. The molecule has 0 aliphatic heterocycles. The van der Waals surface area contributed by atoms with Gasteiger partial charge < -0.3 is 9.47 Å². The molecule has 25 heavy (non-hydrogen) atoms. The topological polar surface area (TPSA) is 81.7 Å². The van der Waals surface area contributed by atoms with Crippen molar-refractivity contribution in [3.05, 3.63) is 63.6 Å². The number of halogens is 1. The largest absolute Gasteiger partial charge is 0.465 e. The van der Waals surface area contributed by atoms with Crippen LogP contribution >= 0.6 is 15.9 Å². The van der Waals surface area contributed by atoms with Crippen molar-refractivity contribution in [1.29, 1.82) is 0 Å². The molecule has 0 spiro atoms. The summed E-state index contributed by atoms with van der Waals surface area (Å²) in [6.07, 6.45) is 0. The summed E-state index contributed by atoms with van der Waals surface area (Å²) in [5.41, 5.74) is 1.91. The lowest BCUT2D eigenvalue weighted by molar-refractivity contribution is 0.0599. The molecule has 1 N–H and O–H groups in total. The molecule has 0 saturated heterocycles. The van der Waals surface area contributed by atoms with E-state index in [-0.39, 0.29) is 17.0 Å². The van der Waals surface area contributed by atoms with Crippen LogP contribution < -0.4 is 4.72 Å². The Morgan fingerprint density at radius 3 is 2.52 bits per heavy atom. The van der Waals surface area contributed by atoms with Crippen LogP contribution in [-0.4, -0.2) is 28.6 Å². The fourth-order valence-electron chi connectivity index (χ4n) is 2.20. The monoisotopic (exact) mass is 427 g/mol. The first-order valence-corrected chi connectivity index (χ1v) is 9.59. The van der Waals surface area contributed by atoms with E-state index in [0.29, 0.717) is 11.1 Å². The number of benzene rings is 2. The van der Waals surface area contributed by atoms with Crippen LogP contribution in [0.3, 0.4) is 0 Å². The third-order valence-electron chi connectivity index (χ3n) is 3.42. The molecule has 0 aliphatic rings. The Morgan fingerprint density at radius 2 is 1.84 bits per heavy atom. The lowest BCUT2D eigenvalue weighted by atomic mass is 10.1. The Morgan fingerprint density at radius 1 is 1.12 bits per heavy atom. The molecular weight excluding hydrogens is 410 g/mol. The highest BCUT2D eigenvalue weighted by atomic mass is 79.9. The number of hydrogen-bond acceptors (Lipinski definition) is 5. The second-order valence-electron chi connectivity index (χ2n) is 5.21. The molecule has 134 valence electrons. The zero-order valence-corrected chi connectivity index (χ0v) is 16.2. The van der Waals surface area contributed by atoms with E-state index in [9.17, 15) is 13.2 Å². The van der Waals surface area contributed by atoms with Crippen molar-refractivity contribution in [1.82, 2.24) is 4.72 Å². The quantitative estimate of drug-likeness (QED) is 0.686. The van der Waals surface area contributed by atoms with Gasteiger partial charge in [0.25, 0.3) is 0 Å². The van der Waals surface area contributed by atoms with Crippen LogP contribution in [0.25, 0.3) is 0 Å². The Bertz CT molecular complexity index is 867.